The summed E-state index contributed by atoms with van der Waals surface area (Å²) >= 11 is 0. The molecule has 0 aromatic heterocycles. The molecule has 8 heteroatoms. The van der Waals surface area contributed by atoms with E-state index in [1.807, 2.05) is 0 Å². The Bertz CT molecular complexity index is 567. The van der Waals surface area contributed by atoms with Gasteiger partial charge in [-0.3, -0.25) is 19.3 Å². The molecule has 0 heterocycles. The van der Waals surface area contributed by atoms with Gasteiger partial charge in [0.25, 0.3) is 0 Å². The summed E-state index contributed by atoms with van der Waals surface area (Å²) in [6, 6.07) is 0. The van der Waals surface area contributed by atoms with Crippen molar-refractivity contribution in [3.63, 3.8) is 0 Å². The van der Waals surface area contributed by atoms with Crippen LogP contribution < -0.4 is 0 Å². The van der Waals surface area contributed by atoms with Gasteiger partial charge in [0.2, 0.25) is 5.91 Å². The van der Waals surface area contributed by atoms with Gasteiger partial charge in [-0.05, 0) is 32.1 Å². The molecule has 0 aromatic rings. The lowest BCUT2D eigenvalue weighted by Gasteiger charge is -2.25. The van der Waals surface area contributed by atoms with Gasteiger partial charge in [-0.25, -0.2) is 0 Å². The maximum absolute atomic E-state index is 12.5. The molecule has 1 amide bonds. The molecule has 0 saturated carbocycles. The summed E-state index contributed by atoms with van der Waals surface area (Å²) in [4.78, 5) is 37.3. The summed E-state index contributed by atoms with van der Waals surface area (Å²) in [6.45, 7) is 1.88. The Morgan fingerprint density at radius 2 is 1.21 bits per heavy atom. The summed E-state index contributed by atoms with van der Waals surface area (Å²) < 4.78 is 0. The molecule has 0 aromatic carbocycles. The number of nitrogens with zero attached hydrogens (tertiary/aromatic N) is 2. The first kappa shape index (κ1) is 32.1. The van der Waals surface area contributed by atoms with Crippen LogP contribution in [0.2, 0.25) is 0 Å². The van der Waals surface area contributed by atoms with Crippen LogP contribution in [0, 0.1) is 0 Å². The summed E-state index contributed by atoms with van der Waals surface area (Å²) in [5.41, 5.74) is 0. The molecule has 34 heavy (non-hydrogen) atoms. The third-order valence-corrected chi connectivity index (χ3v) is 5.79. The van der Waals surface area contributed by atoms with Crippen LogP contribution >= 0.6 is 0 Å². The van der Waals surface area contributed by atoms with Gasteiger partial charge in [0.15, 0.2) is 0 Å². The van der Waals surface area contributed by atoms with Gasteiger partial charge < -0.3 is 20.2 Å². The molecule has 0 spiro atoms. The van der Waals surface area contributed by atoms with E-state index in [4.69, 9.17) is 15.3 Å². The van der Waals surface area contributed by atoms with E-state index in [-0.39, 0.29) is 38.7 Å². The Morgan fingerprint density at radius 1 is 0.676 bits per heavy atom. The van der Waals surface area contributed by atoms with Crippen molar-refractivity contribution in [2.75, 3.05) is 39.3 Å². The lowest BCUT2D eigenvalue weighted by Crippen LogP contribution is -2.43. The number of aliphatic hydroxyl groups excluding tert-OH is 1. The number of aliphatic carboxylic acids is 2. The Kier molecular flexibility index (Phi) is 21.5. The van der Waals surface area contributed by atoms with Crippen molar-refractivity contribution in [3.05, 3.63) is 12.2 Å². The normalized spacial score (nSPS) is 11.4. The van der Waals surface area contributed by atoms with Crippen molar-refractivity contribution < 1.29 is 29.7 Å². The predicted octanol–water partition coefficient (Wildman–Crippen LogP) is 4.32. The zero-order valence-corrected chi connectivity index (χ0v) is 21.3. The molecule has 0 fully saturated rings. The van der Waals surface area contributed by atoms with Crippen molar-refractivity contribution >= 4 is 17.8 Å². The van der Waals surface area contributed by atoms with Gasteiger partial charge >= 0.3 is 11.9 Å². The highest BCUT2D eigenvalue weighted by atomic mass is 16.4. The van der Waals surface area contributed by atoms with E-state index in [2.05, 4.69) is 19.1 Å². The number of rotatable bonds is 24. The third-order valence-electron chi connectivity index (χ3n) is 5.79. The maximum atomic E-state index is 12.5. The van der Waals surface area contributed by atoms with E-state index in [0.717, 1.165) is 38.5 Å². The van der Waals surface area contributed by atoms with Crippen LogP contribution in [-0.4, -0.2) is 82.3 Å². The van der Waals surface area contributed by atoms with Crippen LogP contribution in [0.15, 0.2) is 12.2 Å². The molecular formula is C26H48N2O6. The first-order valence-electron chi connectivity index (χ1n) is 13.1. The molecule has 198 valence electrons. The van der Waals surface area contributed by atoms with E-state index in [0.29, 0.717) is 6.42 Å². The molecule has 0 aliphatic heterocycles. The Morgan fingerprint density at radius 3 is 1.74 bits per heavy atom. The van der Waals surface area contributed by atoms with Crippen LogP contribution in [0.3, 0.4) is 0 Å². The third kappa shape index (κ3) is 20.7. The fraction of sp³-hybridized carbons (Fsp3) is 0.808. The average Bonchev–Trinajstić information content (AvgIpc) is 2.78. The number of carbonyl (C=O) groups is 3. The highest BCUT2D eigenvalue weighted by Gasteiger charge is 2.18. The molecular weight excluding hydrogens is 436 g/mol. The highest BCUT2D eigenvalue weighted by molar-refractivity contribution is 5.81. The van der Waals surface area contributed by atoms with Crippen LogP contribution in [0.5, 0.6) is 0 Å². The first-order chi connectivity index (χ1) is 16.4. The van der Waals surface area contributed by atoms with E-state index >= 15 is 0 Å². The number of carboxylic acid groups (broad SMARTS) is 2. The van der Waals surface area contributed by atoms with Crippen LogP contribution in [0.25, 0.3) is 0 Å². The zero-order chi connectivity index (χ0) is 25.4. The summed E-state index contributed by atoms with van der Waals surface area (Å²) in [7, 11) is 0. The fourth-order valence-electron chi connectivity index (χ4n) is 3.83. The molecule has 0 unspecified atom stereocenters. The molecule has 8 nitrogen and oxygen atoms in total. The summed E-state index contributed by atoms with van der Waals surface area (Å²) in [5, 5.41) is 27.1. The lowest BCUT2D eigenvalue weighted by atomic mass is 10.1. The smallest absolute Gasteiger partial charge is 0.323 e. The number of unbranched alkanes of at least 4 members (excludes halogenated alkanes) is 11. The SMILES string of the molecule is CCCCCCCC/C=C\CCCCCCCC(=O)N(CCN(CCO)CC(=O)O)CC(=O)O. The zero-order valence-electron chi connectivity index (χ0n) is 21.3. The Balaban J connectivity index is 3.97. The minimum Gasteiger partial charge on any atom is -0.480 e. The van der Waals surface area contributed by atoms with Crippen LogP contribution in [0.1, 0.15) is 96.8 Å². The minimum atomic E-state index is -1.09. The monoisotopic (exact) mass is 484 g/mol. The second-order valence-electron chi connectivity index (χ2n) is 8.94. The van der Waals surface area contributed by atoms with Crippen LogP contribution in [-0.2, 0) is 14.4 Å². The number of carboxylic acids is 2. The number of amides is 1. The average molecular weight is 485 g/mol. The van der Waals surface area contributed by atoms with Gasteiger partial charge in [0.1, 0.15) is 6.54 Å². The first-order valence-corrected chi connectivity index (χ1v) is 13.1. The summed E-state index contributed by atoms with van der Waals surface area (Å²) in [6.07, 6.45) is 20.1. The largest absolute Gasteiger partial charge is 0.480 e. The number of aliphatic hydroxyl groups is 1. The van der Waals surface area contributed by atoms with E-state index in [1.54, 1.807) is 0 Å². The second kappa shape index (κ2) is 22.8. The predicted molar refractivity (Wildman–Crippen MR) is 135 cm³/mol. The number of hydrogen-bond acceptors (Lipinski definition) is 5. The number of hydrogen-bond donors (Lipinski definition) is 3. The van der Waals surface area contributed by atoms with E-state index in [1.165, 1.54) is 54.7 Å². The minimum absolute atomic E-state index is 0.128. The van der Waals surface area contributed by atoms with Crippen molar-refractivity contribution in [1.82, 2.24) is 9.80 Å². The maximum Gasteiger partial charge on any atom is 0.323 e. The number of allylic oxidation sites excluding steroid dienone is 2. The molecule has 0 radical (unpaired) electrons. The molecule has 0 saturated heterocycles. The van der Waals surface area contributed by atoms with E-state index in [9.17, 15) is 14.4 Å². The molecule has 0 aliphatic carbocycles. The van der Waals surface area contributed by atoms with Crippen molar-refractivity contribution in [2.45, 2.75) is 96.8 Å². The fourth-order valence-corrected chi connectivity index (χ4v) is 3.83. The van der Waals surface area contributed by atoms with Crippen molar-refractivity contribution in [1.29, 1.82) is 0 Å². The summed E-state index contributed by atoms with van der Waals surface area (Å²) in [5.74, 6) is -2.35. The lowest BCUT2D eigenvalue weighted by molar-refractivity contribution is -0.145. The van der Waals surface area contributed by atoms with E-state index < -0.39 is 18.5 Å². The quantitative estimate of drug-likeness (QED) is 0.138. The molecule has 0 rings (SSSR count). The second-order valence-corrected chi connectivity index (χ2v) is 8.94. The Labute approximate surface area is 206 Å². The topological polar surface area (TPSA) is 118 Å². The van der Waals surface area contributed by atoms with Crippen molar-refractivity contribution in [2.24, 2.45) is 0 Å². The molecule has 0 aliphatic rings. The van der Waals surface area contributed by atoms with Gasteiger partial charge in [0.05, 0.1) is 13.2 Å². The molecule has 0 atom stereocenters. The van der Waals surface area contributed by atoms with Gasteiger partial charge in [0, 0.05) is 26.1 Å². The number of carbonyl (C=O) groups excluding carboxylic acids is 1. The van der Waals surface area contributed by atoms with Gasteiger partial charge in [-0.1, -0.05) is 70.4 Å². The van der Waals surface area contributed by atoms with Crippen LogP contribution in [0.4, 0.5) is 0 Å². The van der Waals surface area contributed by atoms with Crippen molar-refractivity contribution in [3.8, 4) is 0 Å². The standard InChI is InChI=1S/C26H48N2O6/c1-2-3-4-5-6-7-8-9-10-11-12-13-14-15-16-17-24(30)28(23-26(33)34)19-18-27(20-21-29)22-25(31)32/h9-10,29H,2-8,11-23H2,1H3,(H,31,32)(H,33,34)/b10-9-. The van der Waals surface area contributed by atoms with Gasteiger partial charge in [-0.15, -0.1) is 0 Å². The van der Waals surface area contributed by atoms with Gasteiger partial charge in [-0.2, -0.15) is 0 Å². The molecule has 3 N–H and O–H groups in total. The molecule has 0 bridgehead atoms. The highest BCUT2D eigenvalue weighted by Crippen LogP contribution is 2.11. The Hall–Kier alpha value is -1.93.